The van der Waals surface area contributed by atoms with Crippen LogP contribution in [-0.4, -0.2) is 12.6 Å². The molecule has 0 aliphatic heterocycles. The summed E-state index contributed by atoms with van der Waals surface area (Å²) in [6, 6.07) is 0. The van der Waals surface area contributed by atoms with Gasteiger partial charge in [-0.25, -0.2) is 4.79 Å². The van der Waals surface area contributed by atoms with Crippen molar-refractivity contribution in [2.75, 3.05) is 6.61 Å². The Balaban J connectivity index is 4.10. The first-order valence-electron chi connectivity index (χ1n) is 3.69. The van der Waals surface area contributed by atoms with E-state index in [2.05, 4.69) is 5.92 Å². The number of ether oxygens (including phenoxy) is 1. The van der Waals surface area contributed by atoms with Crippen LogP contribution in [0.15, 0.2) is 23.8 Å². The minimum Gasteiger partial charge on any atom is -0.463 e. The highest BCUT2D eigenvalue weighted by Gasteiger charge is 2.01. The summed E-state index contributed by atoms with van der Waals surface area (Å²) in [4.78, 5) is 11.0. The first-order chi connectivity index (χ1) is 5.72. The molecule has 0 radical (unpaired) electrons. The van der Waals surface area contributed by atoms with Crippen molar-refractivity contribution >= 4 is 5.97 Å². The van der Waals surface area contributed by atoms with Crippen molar-refractivity contribution in [1.82, 2.24) is 0 Å². The van der Waals surface area contributed by atoms with E-state index in [0.29, 0.717) is 12.2 Å². The third-order valence-electron chi connectivity index (χ3n) is 1.14. The maximum Gasteiger partial charge on any atom is 0.333 e. The summed E-state index contributed by atoms with van der Waals surface area (Å²) in [5.74, 6) is 2.01. The molecule has 0 aromatic heterocycles. The second kappa shape index (κ2) is 6.23. The molecule has 0 N–H and O–H groups in total. The van der Waals surface area contributed by atoms with Gasteiger partial charge in [-0.15, -0.1) is 6.42 Å². The van der Waals surface area contributed by atoms with Gasteiger partial charge in [-0.3, -0.25) is 0 Å². The van der Waals surface area contributed by atoms with Gasteiger partial charge in [0.1, 0.15) is 0 Å². The van der Waals surface area contributed by atoms with Gasteiger partial charge in [0.2, 0.25) is 0 Å². The maximum absolute atomic E-state index is 11.0. The van der Waals surface area contributed by atoms with E-state index in [1.807, 2.05) is 0 Å². The minimum absolute atomic E-state index is 0.306. The lowest BCUT2D eigenvalue weighted by molar-refractivity contribution is -0.138. The van der Waals surface area contributed by atoms with Crippen LogP contribution < -0.4 is 0 Å². The fourth-order valence-electron chi connectivity index (χ4n) is 0.561. The van der Waals surface area contributed by atoms with E-state index in [9.17, 15) is 4.79 Å². The number of hydrogen-bond donors (Lipinski definition) is 0. The number of carbonyl (C=O) groups is 1. The maximum atomic E-state index is 11.0. The molecule has 0 aliphatic carbocycles. The van der Waals surface area contributed by atoms with Crippen LogP contribution in [0.25, 0.3) is 0 Å². The highest BCUT2D eigenvalue weighted by atomic mass is 16.5. The summed E-state index contributed by atoms with van der Waals surface area (Å²) in [6.45, 7) is 3.84. The highest BCUT2D eigenvalue weighted by molar-refractivity contribution is 5.88. The lowest BCUT2D eigenvalue weighted by Crippen LogP contribution is -2.04. The average Bonchev–Trinajstić information content (AvgIpc) is 2.05. The van der Waals surface area contributed by atoms with E-state index in [4.69, 9.17) is 11.2 Å². The Morgan fingerprint density at radius 3 is 2.83 bits per heavy atom. The Kier molecular flexibility index (Phi) is 5.46. The second-order valence-corrected chi connectivity index (χ2v) is 2.10. The van der Waals surface area contributed by atoms with E-state index >= 15 is 0 Å². The van der Waals surface area contributed by atoms with Crippen LogP contribution >= 0.6 is 0 Å². The van der Waals surface area contributed by atoms with Crippen molar-refractivity contribution < 1.29 is 9.53 Å². The van der Waals surface area contributed by atoms with Crippen molar-refractivity contribution in [3.05, 3.63) is 23.8 Å². The number of allylic oxidation sites excluding steroid dienone is 3. The van der Waals surface area contributed by atoms with E-state index in [1.165, 1.54) is 6.08 Å². The fraction of sp³-hybridized carbons (Fsp3) is 0.300. The van der Waals surface area contributed by atoms with Crippen molar-refractivity contribution in [3.63, 3.8) is 0 Å². The Bertz CT molecular complexity index is 241. The first kappa shape index (κ1) is 10.5. The predicted octanol–water partition coefficient (Wildman–Crippen LogP) is 1.69. The molecule has 0 aliphatic rings. The second-order valence-electron chi connectivity index (χ2n) is 2.10. The zero-order valence-electron chi connectivity index (χ0n) is 7.33. The molecule has 0 amide bonds. The number of terminal acetylenes is 1. The Morgan fingerprint density at radius 2 is 2.33 bits per heavy atom. The standard InChI is InChI=1S/C10H12O2/c1-4-6-7-8-9(3)10(11)12-5-2/h1,6-8H,5H2,2-3H3/b7-6+,9-8+. The van der Waals surface area contributed by atoms with E-state index < -0.39 is 0 Å². The molecule has 0 fully saturated rings. The summed E-state index contributed by atoms with van der Waals surface area (Å²) in [6.07, 6.45) is 9.74. The van der Waals surface area contributed by atoms with Crippen LogP contribution in [0, 0.1) is 12.3 Å². The summed E-state index contributed by atoms with van der Waals surface area (Å²) in [7, 11) is 0. The number of rotatable bonds is 3. The van der Waals surface area contributed by atoms with E-state index in [-0.39, 0.29) is 5.97 Å². The lowest BCUT2D eigenvalue weighted by atomic mass is 10.3. The minimum atomic E-state index is -0.306. The van der Waals surface area contributed by atoms with Gasteiger partial charge in [0, 0.05) is 5.57 Å². The van der Waals surface area contributed by atoms with Gasteiger partial charge < -0.3 is 4.74 Å². The van der Waals surface area contributed by atoms with Crippen molar-refractivity contribution in [2.24, 2.45) is 0 Å². The van der Waals surface area contributed by atoms with Gasteiger partial charge in [0.15, 0.2) is 0 Å². The molecule has 0 bridgehead atoms. The molecule has 64 valence electrons. The van der Waals surface area contributed by atoms with Crippen LogP contribution in [0.3, 0.4) is 0 Å². The molecular formula is C10H12O2. The summed E-state index contributed by atoms with van der Waals surface area (Å²) >= 11 is 0. The largest absolute Gasteiger partial charge is 0.463 e. The van der Waals surface area contributed by atoms with Gasteiger partial charge in [-0.2, -0.15) is 0 Å². The molecule has 12 heavy (non-hydrogen) atoms. The molecule has 2 nitrogen and oxygen atoms in total. The quantitative estimate of drug-likeness (QED) is 0.274. The summed E-state index contributed by atoms with van der Waals surface area (Å²) in [5.41, 5.74) is 0.545. The molecule has 0 saturated heterocycles. The topological polar surface area (TPSA) is 26.3 Å². The smallest absolute Gasteiger partial charge is 0.333 e. The normalized spacial score (nSPS) is 11.2. The average molecular weight is 164 g/mol. The number of hydrogen-bond acceptors (Lipinski definition) is 2. The summed E-state index contributed by atoms with van der Waals surface area (Å²) < 4.78 is 4.74. The van der Waals surface area contributed by atoms with Crippen LogP contribution in [0.2, 0.25) is 0 Å². The van der Waals surface area contributed by atoms with Gasteiger partial charge >= 0.3 is 5.97 Å². The van der Waals surface area contributed by atoms with Crippen molar-refractivity contribution in [1.29, 1.82) is 0 Å². The number of carbonyl (C=O) groups excluding carboxylic acids is 1. The van der Waals surface area contributed by atoms with Crippen LogP contribution in [-0.2, 0) is 9.53 Å². The molecule has 0 unspecified atom stereocenters. The van der Waals surface area contributed by atoms with Crippen LogP contribution in [0.5, 0.6) is 0 Å². The van der Waals surface area contributed by atoms with E-state index in [1.54, 1.807) is 26.0 Å². The van der Waals surface area contributed by atoms with Crippen LogP contribution in [0.4, 0.5) is 0 Å². The predicted molar refractivity (Wildman–Crippen MR) is 48.4 cm³/mol. The molecule has 0 aromatic rings. The van der Waals surface area contributed by atoms with E-state index in [0.717, 1.165) is 0 Å². The SMILES string of the molecule is C#C/C=C/C=C(\C)C(=O)OCC. The molecule has 0 saturated carbocycles. The monoisotopic (exact) mass is 164 g/mol. The van der Waals surface area contributed by atoms with Gasteiger partial charge in [-0.1, -0.05) is 18.1 Å². The molecular weight excluding hydrogens is 152 g/mol. The third kappa shape index (κ3) is 4.35. The first-order valence-corrected chi connectivity index (χ1v) is 3.69. The number of esters is 1. The molecule has 0 aromatic carbocycles. The molecule has 0 atom stereocenters. The van der Waals surface area contributed by atoms with Gasteiger partial charge in [0.25, 0.3) is 0 Å². The molecule has 2 heteroatoms. The summed E-state index contributed by atoms with van der Waals surface area (Å²) in [5, 5.41) is 0. The van der Waals surface area contributed by atoms with Crippen molar-refractivity contribution in [2.45, 2.75) is 13.8 Å². The van der Waals surface area contributed by atoms with Gasteiger partial charge in [0.05, 0.1) is 6.61 Å². The Morgan fingerprint density at radius 1 is 1.67 bits per heavy atom. The molecule has 0 rings (SSSR count). The Hall–Kier alpha value is -1.49. The lowest BCUT2D eigenvalue weighted by Gasteiger charge is -1.98. The zero-order valence-corrected chi connectivity index (χ0v) is 7.33. The Labute approximate surface area is 72.9 Å². The molecule has 0 heterocycles. The fourth-order valence-corrected chi connectivity index (χ4v) is 0.561. The molecule has 0 spiro atoms. The van der Waals surface area contributed by atoms with Crippen molar-refractivity contribution in [3.8, 4) is 12.3 Å². The third-order valence-corrected chi connectivity index (χ3v) is 1.14. The highest BCUT2D eigenvalue weighted by Crippen LogP contribution is 1.96. The zero-order chi connectivity index (χ0) is 9.40. The van der Waals surface area contributed by atoms with Crippen LogP contribution in [0.1, 0.15) is 13.8 Å². The van der Waals surface area contributed by atoms with Gasteiger partial charge in [-0.05, 0) is 19.9 Å².